The van der Waals surface area contributed by atoms with E-state index in [-0.39, 0.29) is 11.1 Å². The van der Waals surface area contributed by atoms with Crippen LogP contribution < -0.4 is 4.74 Å². The molecule has 0 aliphatic rings. The Morgan fingerprint density at radius 2 is 1.32 bits per heavy atom. The van der Waals surface area contributed by atoms with Crippen LogP contribution in [0.5, 0.6) is 11.5 Å². The molecule has 0 spiro atoms. The molecule has 0 atom stereocenters. The van der Waals surface area contributed by atoms with Gasteiger partial charge in [0.25, 0.3) is 6.43 Å². The Hall–Kier alpha value is -0.800. The number of halogens is 7. The van der Waals surface area contributed by atoms with Crippen molar-refractivity contribution in [1.82, 2.24) is 0 Å². The van der Waals surface area contributed by atoms with Crippen molar-refractivity contribution in [2.75, 3.05) is 11.9 Å². The summed E-state index contributed by atoms with van der Waals surface area (Å²) in [7, 11) is 0. The molecular formula is C16H15Br3F4O2. The van der Waals surface area contributed by atoms with Crippen LogP contribution in [0, 0.1) is 0 Å². The van der Waals surface area contributed by atoms with Gasteiger partial charge in [-0.15, -0.1) is 0 Å². The molecule has 0 saturated carbocycles. The molecule has 0 fully saturated rings. The van der Waals surface area contributed by atoms with Crippen molar-refractivity contribution in [1.29, 1.82) is 0 Å². The van der Waals surface area contributed by atoms with E-state index in [1.165, 1.54) is 0 Å². The van der Waals surface area contributed by atoms with E-state index in [2.05, 4.69) is 47.8 Å². The fraction of sp³-hybridized carbons (Fsp3) is 0.250. The molecule has 2 rings (SSSR count). The first-order valence-corrected chi connectivity index (χ1v) is 9.41. The fourth-order valence-electron chi connectivity index (χ4n) is 1.17. The molecule has 0 saturated heterocycles. The molecule has 2 aromatic rings. The minimum absolute atomic E-state index is 0.215. The van der Waals surface area contributed by atoms with Crippen molar-refractivity contribution in [2.24, 2.45) is 0 Å². The summed E-state index contributed by atoms with van der Waals surface area (Å²) in [6.07, 6.45) is -4.63. The van der Waals surface area contributed by atoms with Crippen LogP contribution in [0.1, 0.15) is 0 Å². The Bertz CT molecular complexity index is 580. The maximum absolute atomic E-state index is 11.7. The van der Waals surface area contributed by atoms with Crippen LogP contribution in [-0.2, 0) is 0 Å². The minimum atomic E-state index is -2.43. The van der Waals surface area contributed by atoms with Gasteiger partial charge in [-0.1, -0.05) is 40.2 Å². The summed E-state index contributed by atoms with van der Waals surface area (Å²) in [5.74, 6) is 0.727. The molecule has 1 N–H and O–H groups in total. The molecule has 0 aromatic heterocycles. The summed E-state index contributed by atoms with van der Waals surface area (Å²) in [5.41, 5.74) is 0. The Morgan fingerprint density at radius 1 is 0.840 bits per heavy atom. The quantitative estimate of drug-likeness (QED) is 0.329. The first kappa shape index (κ1) is 24.2. The number of phenolic OH excluding ortho intramolecular Hbond substituents is 1. The lowest BCUT2D eigenvalue weighted by molar-refractivity contribution is 0.0815. The summed E-state index contributed by atoms with van der Waals surface area (Å²) in [6.45, 7) is -0.567. The maximum Gasteiger partial charge on any atom is 0.272 e. The molecule has 2 aromatic carbocycles. The van der Waals surface area contributed by atoms with E-state index < -0.39 is 19.5 Å². The number of ether oxygens (including phenoxy) is 1. The van der Waals surface area contributed by atoms with Gasteiger partial charge in [-0.05, 0) is 56.1 Å². The lowest BCUT2D eigenvalue weighted by Gasteiger charge is -2.06. The van der Waals surface area contributed by atoms with Gasteiger partial charge in [0.1, 0.15) is 18.1 Å². The lowest BCUT2D eigenvalue weighted by atomic mass is 10.3. The molecule has 25 heavy (non-hydrogen) atoms. The predicted molar refractivity (Wildman–Crippen MR) is 101 cm³/mol. The Balaban J connectivity index is 0.000000382. The number of phenols is 1. The molecule has 140 valence electrons. The smallest absolute Gasteiger partial charge is 0.272 e. The lowest BCUT2D eigenvalue weighted by Crippen LogP contribution is -2.07. The van der Waals surface area contributed by atoms with E-state index in [9.17, 15) is 17.6 Å². The van der Waals surface area contributed by atoms with Crippen molar-refractivity contribution in [3.05, 3.63) is 57.5 Å². The van der Waals surface area contributed by atoms with Crippen molar-refractivity contribution >= 4 is 47.8 Å². The molecule has 0 aliphatic carbocycles. The monoisotopic (exact) mass is 552 g/mol. The van der Waals surface area contributed by atoms with Crippen molar-refractivity contribution in [3.63, 3.8) is 0 Å². The van der Waals surface area contributed by atoms with Crippen LogP contribution >= 0.6 is 47.8 Å². The largest absolute Gasteiger partial charge is 0.507 e. The predicted octanol–water partition coefficient (Wildman–Crippen LogP) is 6.89. The minimum Gasteiger partial charge on any atom is -0.507 e. The highest BCUT2D eigenvalue weighted by molar-refractivity contribution is 9.11. The van der Waals surface area contributed by atoms with Crippen LogP contribution in [0.25, 0.3) is 0 Å². The molecular weight excluding hydrogens is 540 g/mol. The van der Waals surface area contributed by atoms with Crippen LogP contribution in [0.4, 0.5) is 17.6 Å². The van der Waals surface area contributed by atoms with Gasteiger partial charge in [0.15, 0.2) is 0 Å². The third-order valence-electron chi connectivity index (χ3n) is 2.17. The van der Waals surface area contributed by atoms with Crippen LogP contribution in [-0.4, -0.2) is 29.9 Å². The average molecular weight is 555 g/mol. The first-order chi connectivity index (χ1) is 11.8. The Morgan fingerprint density at radius 3 is 1.68 bits per heavy atom. The highest BCUT2D eigenvalue weighted by Crippen LogP contribution is 2.24. The van der Waals surface area contributed by atoms with Gasteiger partial charge in [0.05, 0.1) is 14.3 Å². The van der Waals surface area contributed by atoms with Crippen molar-refractivity contribution in [3.8, 4) is 11.5 Å². The number of rotatable bonds is 4. The third kappa shape index (κ3) is 13.1. The van der Waals surface area contributed by atoms with E-state index in [4.69, 9.17) is 9.84 Å². The number of aromatic hydroxyl groups is 1. The van der Waals surface area contributed by atoms with Gasteiger partial charge in [0, 0.05) is 0 Å². The molecule has 0 heterocycles. The number of hydrogen-bond acceptors (Lipinski definition) is 2. The number of benzene rings is 2. The van der Waals surface area contributed by atoms with E-state index in [0.717, 1.165) is 4.47 Å². The van der Waals surface area contributed by atoms with E-state index >= 15 is 0 Å². The van der Waals surface area contributed by atoms with E-state index in [1.807, 2.05) is 6.07 Å². The van der Waals surface area contributed by atoms with Crippen LogP contribution in [0.2, 0.25) is 0 Å². The van der Waals surface area contributed by atoms with E-state index in [1.54, 1.807) is 42.5 Å². The molecule has 0 unspecified atom stereocenters. The zero-order valence-electron chi connectivity index (χ0n) is 12.7. The zero-order chi connectivity index (χ0) is 19.2. The highest BCUT2D eigenvalue weighted by atomic mass is 79.9. The molecule has 0 bridgehead atoms. The SMILES string of the molecule is FC(F)CBr.FC(F)COc1ccccc1Br.Oc1ccccc1Br. The van der Waals surface area contributed by atoms with Gasteiger partial charge >= 0.3 is 0 Å². The molecule has 0 radical (unpaired) electrons. The second-order valence-corrected chi connectivity index (χ2v) is 6.49. The van der Waals surface area contributed by atoms with Crippen LogP contribution in [0.3, 0.4) is 0 Å². The number of hydrogen-bond donors (Lipinski definition) is 1. The molecule has 0 amide bonds. The number of para-hydroxylation sites is 2. The normalized spacial score (nSPS) is 9.80. The summed E-state index contributed by atoms with van der Waals surface area (Å²) in [4.78, 5) is 0. The third-order valence-corrected chi connectivity index (χ3v) is 3.99. The number of alkyl halides is 5. The Labute approximate surface area is 168 Å². The van der Waals surface area contributed by atoms with Crippen LogP contribution in [0.15, 0.2) is 57.5 Å². The van der Waals surface area contributed by atoms with Gasteiger partial charge in [0.2, 0.25) is 6.43 Å². The van der Waals surface area contributed by atoms with Crippen molar-refractivity contribution in [2.45, 2.75) is 12.9 Å². The topological polar surface area (TPSA) is 29.5 Å². The average Bonchev–Trinajstić information content (AvgIpc) is 2.58. The van der Waals surface area contributed by atoms with Gasteiger partial charge < -0.3 is 9.84 Å². The second kappa shape index (κ2) is 14.4. The van der Waals surface area contributed by atoms with Gasteiger partial charge in [-0.25, -0.2) is 17.6 Å². The summed E-state index contributed by atoms with van der Waals surface area (Å²) >= 11 is 8.89. The molecule has 0 aliphatic heterocycles. The maximum atomic E-state index is 11.7. The second-order valence-electron chi connectivity index (χ2n) is 4.13. The molecule has 9 heteroatoms. The molecule has 2 nitrogen and oxygen atoms in total. The standard InChI is InChI=1S/C8H7BrF2O.C6H5BrO.C2H3BrF2/c9-6-3-1-2-4-7(6)12-5-8(10)11;7-5-3-1-2-4-6(5)8;3-1-2(4)5/h1-4,8H,5H2;1-4,8H;2H,1H2. The summed E-state index contributed by atoms with van der Waals surface area (Å²) < 4.78 is 51.1. The van der Waals surface area contributed by atoms with E-state index in [0.29, 0.717) is 10.2 Å². The highest BCUT2D eigenvalue weighted by Gasteiger charge is 2.04. The van der Waals surface area contributed by atoms with Gasteiger partial charge in [-0.2, -0.15) is 0 Å². The summed E-state index contributed by atoms with van der Waals surface area (Å²) in [5, 5.41) is 8.66. The first-order valence-electron chi connectivity index (χ1n) is 6.71. The van der Waals surface area contributed by atoms with Crippen molar-refractivity contribution < 1.29 is 27.4 Å². The fourth-order valence-corrected chi connectivity index (χ4v) is 1.85. The summed E-state index contributed by atoms with van der Waals surface area (Å²) in [6, 6.07) is 13.9. The zero-order valence-corrected chi connectivity index (χ0v) is 17.4. The Kier molecular flexibility index (Phi) is 13.9. The van der Waals surface area contributed by atoms with Gasteiger partial charge in [-0.3, -0.25) is 0 Å².